The molecule has 0 bridgehead atoms. The molecule has 1 saturated carbocycles. The van der Waals surface area contributed by atoms with Gasteiger partial charge in [0.1, 0.15) is 5.75 Å². The molecule has 0 saturated heterocycles. The smallest absolute Gasteiger partial charge is 0.120 e. The van der Waals surface area contributed by atoms with E-state index in [1.54, 1.807) is 0 Å². The normalized spacial score (nSPS) is 14.5. The van der Waals surface area contributed by atoms with E-state index >= 15 is 0 Å². The van der Waals surface area contributed by atoms with Crippen molar-refractivity contribution >= 4 is 10.8 Å². The Hall–Kier alpha value is -2.39. The first-order chi connectivity index (χ1) is 11.3. The van der Waals surface area contributed by atoms with E-state index in [-0.39, 0.29) is 0 Å². The summed E-state index contributed by atoms with van der Waals surface area (Å²) in [6.07, 6.45) is 6.22. The Morgan fingerprint density at radius 2 is 1.87 bits per heavy atom. The van der Waals surface area contributed by atoms with E-state index in [0.29, 0.717) is 11.8 Å². The Balaban J connectivity index is 1.66. The summed E-state index contributed by atoms with van der Waals surface area (Å²) in [5.74, 6) is 0.389. The quantitative estimate of drug-likeness (QED) is 0.771. The van der Waals surface area contributed by atoms with Crippen molar-refractivity contribution in [2.75, 3.05) is 0 Å². The fourth-order valence-corrected chi connectivity index (χ4v) is 3.17. The highest BCUT2D eigenvalue weighted by molar-refractivity contribution is 5.87. The number of aromatic hydroxyl groups is 1. The fraction of sp³-hybridized carbons (Fsp3) is 0.250. The first kappa shape index (κ1) is 14.2. The lowest BCUT2D eigenvalue weighted by atomic mass is 10.0. The summed E-state index contributed by atoms with van der Waals surface area (Å²) in [5.41, 5.74) is 2.25. The molecule has 1 aromatic heterocycles. The molecule has 2 aromatic carbocycles. The van der Waals surface area contributed by atoms with Gasteiger partial charge >= 0.3 is 0 Å². The molecule has 0 unspecified atom stereocenters. The van der Waals surface area contributed by atoms with Crippen LogP contribution in [-0.4, -0.2) is 21.0 Å². The molecule has 0 radical (unpaired) electrons. The molecule has 1 fully saturated rings. The summed E-state index contributed by atoms with van der Waals surface area (Å²) in [4.78, 5) is 6.67. The molecule has 23 heavy (non-hydrogen) atoms. The standard InChI is InChI=1S/C20H20N2O/c23-20-10-7-16-5-1-2-6-18(16)19(20)14-22(17-8-9-17)13-15-4-3-11-21-12-15/h1-7,10-12,17,23H,8-9,13-14H2. The summed E-state index contributed by atoms with van der Waals surface area (Å²) in [5, 5.41) is 12.7. The second-order valence-corrected chi connectivity index (χ2v) is 6.28. The first-order valence-electron chi connectivity index (χ1n) is 8.14. The van der Waals surface area contributed by atoms with Crippen molar-refractivity contribution in [1.82, 2.24) is 9.88 Å². The number of aromatic nitrogens is 1. The van der Waals surface area contributed by atoms with Gasteiger partial charge in [-0.25, -0.2) is 0 Å². The summed E-state index contributed by atoms with van der Waals surface area (Å²) in [6, 6.07) is 16.8. The minimum Gasteiger partial charge on any atom is -0.508 e. The number of benzene rings is 2. The number of hydrogen-bond acceptors (Lipinski definition) is 3. The van der Waals surface area contributed by atoms with E-state index in [4.69, 9.17) is 0 Å². The Labute approximate surface area is 136 Å². The van der Waals surface area contributed by atoms with E-state index in [0.717, 1.165) is 24.0 Å². The van der Waals surface area contributed by atoms with Crippen LogP contribution in [0.5, 0.6) is 5.75 Å². The van der Waals surface area contributed by atoms with Crippen LogP contribution in [0.4, 0.5) is 0 Å². The lowest BCUT2D eigenvalue weighted by Crippen LogP contribution is -2.25. The van der Waals surface area contributed by atoms with Gasteiger partial charge in [0.25, 0.3) is 0 Å². The number of fused-ring (bicyclic) bond motifs is 1. The molecule has 1 aliphatic rings. The molecular weight excluding hydrogens is 284 g/mol. The van der Waals surface area contributed by atoms with Crippen molar-refractivity contribution in [2.45, 2.75) is 32.0 Å². The molecule has 3 aromatic rings. The summed E-state index contributed by atoms with van der Waals surface area (Å²) < 4.78 is 0. The third kappa shape index (κ3) is 3.06. The highest BCUT2D eigenvalue weighted by Gasteiger charge is 2.29. The number of phenolic OH excluding ortho intramolecular Hbond substituents is 1. The van der Waals surface area contributed by atoms with E-state index in [1.165, 1.54) is 23.8 Å². The predicted molar refractivity (Wildman–Crippen MR) is 92.1 cm³/mol. The van der Waals surface area contributed by atoms with Crippen LogP contribution in [0, 0.1) is 0 Å². The molecule has 1 aliphatic carbocycles. The molecule has 1 heterocycles. The number of nitrogens with zero attached hydrogens (tertiary/aromatic N) is 2. The molecule has 0 atom stereocenters. The highest BCUT2D eigenvalue weighted by Crippen LogP contribution is 2.34. The molecule has 4 rings (SSSR count). The maximum absolute atomic E-state index is 10.4. The van der Waals surface area contributed by atoms with E-state index < -0.39 is 0 Å². The largest absolute Gasteiger partial charge is 0.508 e. The SMILES string of the molecule is Oc1ccc2ccccc2c1CN(Cc1cccnc1)C1CC1. The molecule has 3 nitrogen and oxygen atoms in total. The second-order valence-electron chi connectivity index (χ2n) is 6.28. The van der Waals surface area contributed by atoms with Gasteiger partial charge in [0.15, 0.2) is 0 Å². The van der Waals surface area contributed by atoms with Crippen LogP contribution >= 0.6 is 0 Å². The van der Waals surface area contributed by atoms with Gasteiger partial charge in [-0.2, -0.15) is 0 Å². The molecule has 1 N–H and O–H groups in total. The minimum atomic E-state index is 0.389. The van der Waals surface area contributed by atoms with Gasteiger partial charge < -0.3 is 5.11 Å². The fourth-order valence-electron chi connectivity index (χ4n) is 3.17. The van der Waals surface area contributed by atoms with Crippen molar-refractivity contribution in [3.8, 4) is 5.75 Å². The van der Waals surface area contributed by atoms with Gasteiger partial charge in [-0.3, -0.25) is 9.88 Å². The van der Waals surface area contributed by atoms with Crippen LogP contribution in [0.3, 0.4) is 0 Å². The van der Waals surface area contributed by atoms with Crippen molar-refractivity contribution in [1.29, 1.82) is 0 Å². The first-order valence-corrected chi connectivity index (χ1v) is 8.14. The molecular formula is C20H20N2O. The maximum Gasteiger partial charge on any atom is 0.120 e. The lowest BCUT2D eigenvalue weighted by molar-refractivity contribution is 0.243. The van der Waals surface area contributed by atoms with Crippen LogP contribution in [0.1, 0.15) is 24.0 Å². The Bertz CT molecular complexity index is 812. The second kappa shape index (κ2) is 6.01. The van der Waals surface area contributed by atoms with Gasteiger partial charge in [0.2, 0.25) is 0 Å². The molecule has 0 aliphatic heterocycles. The molecule has 3 heteroatoms. The highest BCUT2D eigenvalue weighted by atomic mass is 16.3. The maximum atomic E-state index is 10.4. The number of pyridine rings is 1. The lowest BCUT2D eigenvalue weighted by Gasteiger charge is -2.23. The van der Waals surface area contributed by atoms with E-state index in [1.807, 2.05) is 42.7 Å². The Kier molecular flexibility index (Phi) is 3.72. The van der Waals surface area contributed by atoms with Crippen molar-refractivity contribution in [3.63, 3.8) is 0 Å². The van der Waals surface area contributed by atoms with Crippen molar-refractivity contribution in [2.24, 2.45) is 0 Å². The van der Waals surface area contributed by atoms with Gasteiger partial charge in [-0.1, -0.05) is 36.4 Å². The average molecular weight is 304 g/mol. The molecule has 0 spiro atoms. The van der Waals surface area contributed by atoms with Crippen LogP contribution in [0.15, 0.2) is 60.9 Å². The van der Waals surface area contributed by atoms with Crippen LogP contribution < -0.4 is 0 Å². The number of phenols is 1. The topological polar surface area (TPSA) is 36.4 Å². The van der Waals surface area contributed by atoms with Gasteiger partial charge in [0.05, 0.1) is 0 Å². The van der Waals surface area contributed by atoms with E-state index in [2.05, 4.69) is 28.1 Å². The monoisotopic (exact) mass is 304 g/mol. The summed E-state index contributed by atoms with van der Waals surface area (Å²) >= 11 is 0. The molecule has 0 amide bonds. The number of rotatable bonds is 5. The van der Waals surface area contributed by atoms with Crippen molar-refractivity contribution < 1.29 is 5.11 Å². The van der Waals surface area contributed by atoms with E-state index in [9.17, 15) is 5.11 Å². The number of hydrogen-bond donors (Lipinski definition) is 1. The Morgan fingerprint density at radius 3 is 2.65 bits per heavy atom. The third-order valence-electron chi connectivity index (χ3n) is 4.55. The van der Waals surface area contributed by atoms with Gasteiger partial charge in [0, 0.05) is 37.1 Å². The van der Waals surface area contributed by atoms with Gasteiger partial charge in [-0.05, 0) is 41.3 Å². The zero-order valence-corrected chi connectivity index (χ0v) is 13.0. The predicted octanol–water partition coefficient (Wildman–Crippen LogP) is 4.11. The summed E-state index contributed by atoms with van der Waals surface area (Å²) in [6.45, 7) is 1.65. The van der Waals surface area contributed by atoms with Crippen LogP contribution in [-0.2, 0) is 13.1 Å². The molecule has 116 valence electrons. The van der Waals surface area contributed by atoms with Crippen LogP contribution in [0.25, 0.3) is 10.8 Å². The summed E-state index contributed by atoms with van der Waals surface area (Å²) in [7, 11) is 0. The third-order valence-corrected chi connectivity index (χ3v) is 4.55. The van der Waals surface area contributed by atoms with Crippen LogP contribution in [0.2, 0.25) is 0 Å². The minimum absolute atomic E-state index is 0.389. The Morgan fingerprint density at radius 1 is 1.00 bits per heavy atom. The zero-order valence-electron chi connectivity index (χ0n) is 13.0. The zero-order chi connectivity index (χ0) is 15.6. The average Bonchev–Trinajstić information content (AvgIpc) is 3.42. The van der Waals surface area contributed by atoms with Gasteiger partial charge in [-0.15, -0.1) is 0 Å². The van der Waals surface area contributed by atoms with Crippen molar-refractivity contribution in [3.05, 3.63) is 72.1 Å².